The van der Waals surface area contributed by atoms with Gasteiger partial charge in [0.1, 0.15) is 12.0 Å². The molecule has 3 heteroatoms. The van der Waals surface area contributed by atoms with Crippen LogP contribution in [-0.4, -0.2) is 20.0 Å². The summed E-state index contributed by atoms with van der Waals surface area (Å²) in [5, 5.41) is 0. The first-order chi connectivity index (χ1) is 8.86. The molecule has 0 aliphatic rings. The van der Waals surface area contributed by atoms with Crippen LogP contribution in [0.2, 0.25) is 0 Å². The third kappa shape index (κ3) is 6.01. The van der Waals surface area contributed by atoms with Crippen LogP contribution in [0, 0.1) is 0 Å². The minimum atomic E-state index is 0.599. The fourth-order valence-corrected chi connectivity index (χ4v) is 1.35. The van der Waals surface area contributed by atoms with E-state index in [1.807, 2.05) is 36.4 Å². The smallest absolute Gasteiger partial charge is 0.142 e. The van der Waals surface area contributed by atoms with Gasteiger partial charge in [-0.1, -0.05) is 30.4 Å². The lowest BCUT2D eigenvalue weighted by molar-refractivity contribution is -0.104. The number of benzene rings is 1. The Kier molecular flexibility index (Phi) is 7.25. The second kappa shape index (κ2) is 9.19. The normalized spacial score (nSPS) is 11.2. The average Bonchev–Trinajstić information content (AvgIpc) is 2.42. The molecule has 0 spiro atoms. The van der Waals surface area contributed by atoms with Crippen LogP contribution in [0.25, 0.3) is 0 Å². The molecule has 0 fully saturated rings. The maximum Gasteiger partial charge on any atom is 0.142 e. The van der Waals surface area contributed by atoms with Crippen molar-refractivity contribution in [3.63, 3.8) is 0 Å². The lowest BCUT2D eigenvalue weighted by Gasteiger charge is -2.04. The van der Waals surface area contributed by atoms with Crippen LogP contribution in [0.1, 0.15) is 12.0 Å². The highest BCUT2D eigenvalue weighted by molar-refractivity contribution is 5.65. The lowest BCUT2D eigenvalue weighted by Crippen LogP contribution is -1.94. The third-order valence-corrected chi connectivity index (χ3v) is 2.29. The summed E-state index contributed by atoms with van der Waals surface area (Å²) >= 11 is 0. The van der Waals surface area contributed by atoms with Gasteiger partial charge in [-0.3, -0.25) is 4.79 Å². The highest BCUT2D eigenvalue weighted by atomic mass is 16.5. The van der Waals surface area contributed by atoms with E-state index in [-0.39, 0.29) is 0 Å². The Morgan fingerprint density at radius 2 is 1.89 bits per heavy atom. The number of ether oxygens (including phenoxy) is 2. The summed E-state index contributed by atoms with van der Waals surface area (Å²) in [6.45, 7) is 1.26. The molecular weight excluding hydrogens is 228 g/mol. The van der Waals surface area contributed by atoms with E-state index in [1.54, 1.807) is 13.2 Å². The van der Waals surface area contributed by atoms with Crippen molar-refractivity contribution in [2.45, 2.75) is 13.0 Å². The monoisotopic (exact) mass is 246 g/mol. The van der Waals surface area contributed by atoms with E-state index < -0.39 is 0 Å². The maximum absolute atomic E-state index is 9.99. The molecule has 0 aliphatic heterocycles. The van der Waals surface area contributed by atoms with Crippen molar-refractivity contribution in [3.05, 3.63) is 54.1 Å². The first-order valence-electron chi connectivity index (χ1n) is 5.84. The minimum Gasteiger partial charge on any atom is -0.497 e. The fraction of sp³-hybridized carbons (Fsp3) is 0.267. The van der Waals surface area contributed by atoms with Crippen LogP contribution < -0.4 is 4.74 Å². The van der Waals surface area contributed by atoms with Crippen molar-refractivity contribution >= 4 is 6.29 Å². The van der Waals surface area contributed by atoms with Gasteiger partial charge in [-0.25, -0.2) is 0 Å². The largest absolute Gasteiger partial charge is 0.497 e. The van der Waals surface area contributed by atoms with E-state index in [9.17, 15) is 4.79 Å². The van der Waals surface area contributed by atoms with Crippen molar-refractivity contribution in [3.8, 4) is 5.75 Å². The number of hydrogen-bond acceptors (Lipinski definition) is 3. The molecule has 0 unspecified atom stereocenters. The predicted molar refractivity (Wildman–Crippen MR) is 71.6 cm³/mol. The standard InChI is InChI=1S/C15H18O3/c1-17-15-9-7-14(8-10-15)13-18-12-6-4-2-3-5-11-16/h2-5,7-11H,6,12-13H2,1H3. The van der Waals surface area contributed by atoms with E-state index in [0.29, 0.717) is 13.2 Å². The molecule has 0 N–H and O–H groups in total. The van der Waals surface area contributed by atoms with Crippen LogP contribution in [-0.2, 0) is 16.1 Å². The molecule has 96 valence electrons. The van der Waals surface area contributed by atoms with Gasteiger partial charge in [0.05, 0.1) is 20.3 Å². The van der Waals surface area contributed by atoms with Crippen LogP contribution >= 0.6 is 0 Å². The topological polar surface area (TPSA) is 35.5 Å². The summed E-state index contributed by atoms with van der Waals surface area (Å²) in [5.41, 5.74) is 1.13. The summed E-state index contributed by atoms with van der Waals surface area (Å²) in [7, 11) is 1.65. The van der Waals surface area contributed by atoms with E-state index in [1.165, 1.54) is 6.08 Å². The van der Waals surface area contributed by atoms with Crippen molar-refractivity contribution in [2.24, 2.45) is 0 Å². The van der Waals surface area contributed by atoms with Gasteiger partial charge in [0, 0.05) is 0 Å². The highest BCUT2D eigenvalue weighted by Crippen LogP contribution is 2.11. The Balaban J connectivity index is 2.15. The zero-order valence-electron chi connectivity index (χ0n) is 10.5. The number of hydrogen-bond donors (Lipinski definition) is 0. The minimum absolute atomic E-state index is 0.599. The molecule has 0 atom stereocenters. The summed E-state index contributed by atoms with van der Waals surface area (Å²) in [6, 6.07) is 7.81. The zero-order chi connectivity index (χ0) is 13.1. The van der Waals surface area contributed by atoms with Gasteiger partial charge in [0.15, 0.2) is 0 Å². The Bertz CT molecular complexity index is 391. The van der Waals surface area contributed by atoms with E-state index in [0.717, 1.165) is 24.0 Å². The van der Waals surface area contributed by atoms with Gasteiger partial charge in [0.25, 0.3) is 0 Å². The van der Waals surface area contributed by atoms with Crippen LogP contribution in [0.3, 0.4) is 0 Å². The quantitative estimate of drug-likeness (QED) is 0.306. The summed E-state index contributed by atoms with van der Waals surface area (Å²) < 4.78 is 10.6. The Hall–Kier alpha value is -1.87. The molecular formula is C15H18O3. The molecule has 1 rings (SSSR count). The molecule has 0 radical (unpaired) electrons. The number of aldehydes is 1. The molecule has 0 aliphatic carbocycles. The summed E-state index contributed by atoms with van der Waals surface area (Å²) in [5.74, 6) is 0.851. The van der Waals surface area contributed by atoms with E-state index >= 15 is 0 Å². The van der Waals surface area contributed by atoms with E-state index in [4.69, 9.17) is 9.47 Å². The molecule has 1 aromatic rings. The van der Waals surface area contributed by atoms with Gasteiger partial charge < -0.3 is 9.47 Å². The number of carbonyl (C=O) groups is 1. The number of rotatable bonds is 8. The van der Waals surface area contributed by atoms with Crippen LogP contribution in [0.4, 0.5) is 0 Å². The third-order valence-electron chi connectivity index (χ3n) is 2.29. The predicted octanol–water partition coefficient (Wildman–Crippen LogP) is 2.91. The number of allylic oxidation sites excluding steroid dienone is 3. The first-order valence-corrected chi connectivity index (χ1v) is 5.84. The first kappa shape index (κ1) is 14.2. The van der Waals surface area contributed by atoms with Crippen molar-refractivity contribution in [1.82, 2.24) is 0 Å². The second-order valence-corrected chi connectivity index (χ2v) is 3.64. The number of methoxy groups -OCH3 is 1. The molecule has 0 bridgehead atoms. The number of carbonyl (C=O) groups excluding carboxylic acids is 1. The Labute approximate surface area is 108 Å². The zero-order valence-corrected chi connectivity index (χ0v) is 10.5. The Morgan fingerprint density at radius 1 is 1.11 bits per heavy atom. The summed E-state index contributed by atoms with van der Waals surface area (Å²) in [4.78, 5) is 9.99. The molecule has 0 heterocycles. The average molecular weight is 246 g/mol. The van der Waals surface area contributed by atoms with Crippen LogP contribution in [0.5, 0.6) is 5.75 Å². The maximum atomic E-state index is 9.99. The van der Waals surface area contributed by atoms with Gasteiger partial charge in [-0.2, -0.15) is 0 Å². The molecule has 18 heavy (non-hydrogen) atoms. The fourth-order valence-electron chi connectivity index (χ4n) is 1.35. The second-order valence-electron chi connectivity index (χ2n) is 3.64. The molecule has 3 nitrogen and oxygen atoms in total. The SMILES string of the molecule is COc1ccc(COCCC=CC=CC=O)cc1. The molecule has 0 amide bonds. The van der Waals surface area contributed by atoms with Crippen molar-refractivity contribution < 1.29 is 14.3 Å². The van der Waals surface area contributed by atoms with E-state index in [2.05, 4.69) is 0 Å². The molecule has 0 saturated carbocycles. The lowest BCUT2D eigenvalue weighted by atomic mass is 10.2. The molecule has 1 aromatic carbocycles. The van der Waals surface area contributed by atoms with Gasteiger partial charge in [-0.15, -0.1) is 0 Å². The van der Waals surface area contributed by atoms with Crippen LogP contribution in [0.15, 0.2) is 48.6 Å². The van der Waals surface area contributed by atoms with Crippen molar-refractivity contribution in [1.29, 1.82) is 0 Å². The van der Waals surface area contributed by atoms with Gasteiger partial charge >= 0.3 is 0 Å². The molecule has 0 saturated heterocycles. The highest BCUT2D eigenvalue weighted by Gasteiger charge is 1.94. The summed E-state index contributed by atoms with van der Waals surface area (Å²) in [6.07, 6.45) is 8.55. The Morgan fingerprint density at radius 3 is 2.56 bits per heavy atom. The van der Waals surface area contributed by atoms with Crippen molar-refractivity contribution in [2.75, 3.05) is 13.7 Å². The van der Waals surface area contributed by atoms with Gasteiger partial charge in [0.2, 0.25) is 0 Å². The molecule has 0 aromatic heterocycles. The van der Waals surface area contributed by atoms with Gasteiger partial charge in [-0.05, 0) is 30.2 Å².